The van der Waals surface area contributed by atoms with Gasteiger partial charge in [0.2, 0.25) is 0 Å². The minimum Gasteiger partial charge on any atom is -0.427 e. The van der Waals surface area contributed by atoms with Crippen LogP contribution in [0.15, 0.2) is 24.3 Å². The standard InChI is InChI=1S/C12H10ClF3N2O/c1-2-9-17-11(12(14,15)16)10(18(9)19)7-3-5-8(13)6-4-7/h3-6,19H,2H2,1H3. The zero-order valence-electron chi connectivity index (χ0n) is 9.87. The molecule has 0 atom stereocenters. The van der Waals surface area contributed by atoms with E-state index in [0.717, 1.165) is 0 Å². The highest BCUT2D eigenvalue weighted by Crippen LogP contribution is 2.37. The fourth-order valence-corrected chi connectivity index (χ4v) is 1.88. The van der Waals surface area contributed by atoms with Crippen molar-refractivity contribution in [2.45, 2.75) is 19.5 Å². The summed E-state index contributed by atoms with van der Waals surface area (Å²) >= 11 is 5.69. The third-order valence-electron chi connectivity index (χ3n) is 2.62. The summed E-state index contributed by atoms with van der Waals surface area (Å²) in [6.45, 7) is 1.61. The van der Waals surface area contributed by atoms with E-state index < -0.39 is 11.9 Å². The normalized spacial score (nSPS) is 11.8. The summed E-state index contributed by atoms with van der Waals surface area (Å²) < 4.78 is 39.3. The van der Waals surface area contributed by atoms with Gasteiger partial charge in [0, 0.05) is 17.0 Å². The molecule has 0 amide bonds. The van der Waals surface area contributed by atoms with E-state index in [1.165, 1.54) is 24.3 Å². The third kappa shape index (κ3) is 2.53. The SMILES string of the molecule is CCc1nc(C(F)(F)F)c(-c2ccc(Cl)cc2)n1O. The number of hydrogen-bond acceptors (Lipinski definition) is 2. The highest BCUT2D eigenvalue weighted by Gasteiger charge is 2.39. The van der Waals surface area contributed by atoms with Crippen LogP contribution in [0.4, 0.5) is 13.2 Å². The van der Waals surface area contributed by atoms with Crippen molar-refractivity contribution in [1.29, 1.82) is 0 Å². The van der Waals surface area contributed by atoms with Crippen molar-refractivity contribution in [3.8, 4) is 11.3 Å². The lowest BCUT2D eigenvalue weighted by Crippen LogP contribution is -2.08. The van der Waals surface area contributed by atoms with Crippen LogP contribution in [0.3, 0.4) is 0 Å². The number of aryl methyl sites for hydroxylation is 1. The predicted octanol–water partition coefficient (Wildman–Crippen LogP) is 4.02. The van der Waals surface area contributed by atoms with Crippen molar-refractivity contribution in [3.05, 3.63) is 40.8 Å². The molecule has 19 heavy (non-hydrogen) atoms. The number of aromatic nitrogens is 2. The van der Waals surface area contributed by atoms with E-state index in [0.29, 0.717) is 9.75 Å². The van der Waals surface area contributed by atoms with Gasteiger partial charge in [0.05, 0.1) is 0 Å². The van der Waals surface area contributed by atoms with Gasteiger partial charge >= 0.3 is 6.18 Å². The van der Waals surface area contributed by atoms with Crippen molar-refractivity contribution in [1.82, 2.24) is 9.71 Å². The monoisotopic (exact) mass is 290 g/mol. The van der Waals surface area contributed by atoms with Crippen LogP contribution in [-0.4, -0.2) is 14.9 Å². The average Bonchev–Trinajstić information content (AvgIpc) is 2.67. The molecule has 0 aliphatic heterocycles. The largest absolute Gasteiger partial charge is 0.435 e. The van der Waals surface area contributed by atoms with Gasteiger partial charge in [0.1, 0.15) is 11.5 Å². The first-order chi connectivity index (χ1) is 8.84. The molecule has 1 N–H and O–H groups in total. The Morgan fingerprint density at radius 3 is 2.32 bits per heavy atom. The molecule has 0 saturated heterocycles. The number of alkyl halides is 3. The molecule has 0 aliphatic carbocycles. The summed E-state index contributed by atoms with van der Waals surface area (Å²) in [4.78, 5) is 3.45. The Morgan fingerprint density at radius 1 is 1.26 bits per heavy atom. The van der Waals surface area contributed by atoms with Gasteiger partial charge in [0.25, 0.3) is 0 Å². The van der Waals surface area contributed by atoms with E-state index in [4.69, 9.17) is 11.6 Å². The molecule has 1 heterocycles. The van der Waals surface area contributed by atoms with Gasteiger partial charge in [-0.1, -0.05) is 30.7 Å². The summed E-state index contributed by atoms with van der Waals surface area (Å²) in [7, 11) is 0. The van der Waals surface area contributed by atoms with Gasteiger partial charge in [-0.25, -0.2) is 4.98 Å². The van der Waals surface area contributed by atoms with E-state index >= 15 is 0 Å². The van der Waals surface area contributed by atoms with Crippen LogP contribution in [0.1, 0.15) is 18.4 Å². The average molecular weight is 291 g/mol. The minimum atomic E-state index is -4.63. The fourth-order valence-electron chi connectivity index (χ4n) is 1.75. The maximum atomic E-state index is 12.9. The van der Waals surface area contributed by atoms with Crippen LogP contribution < -0.4 is 0 Å². The lowest BCUT2D eigenvalue weighted by Gasteiger charge is -2.08. The van der Waals surface area contributed by atoms with Crippen molar-refractivity contribution in [2.24, 2.45) is 0 Å². The quantitative estimate of drug-likeness (QED) is 0.848. The topological polar surface area (TPSA) is 38.0 Å². The molecule has 0 bridgehead atoms. The molecular formula is C12H10ClF3N2O. The number of halogens is 4. The van der Waals surface area contributed by atoms with Crippen LogP contribution in [0.2, 0.25) is 5.02 Å². The van der Waals surface area contributed by atoms with Crippen LogP contribution in [0.5, 0.6) is 0 Å². The van der Waals surface area contributed by atoms with Gasteiger partial charge in [0.15, 0.2) is 5.69 Å². The number of imidazole rings is 1. The van der Waals surface area contributed by atoms with Crippen LogP contribution in [-0.2, 0) is 12.6 Å². The summed E-state index contributed by atoms with van der Waals surface area (Å²) in [6.07, 6.45) is -4.44. The summed E-state index contributed by atoms with van der Waals surface area (Å²) in [5.74, 6) is -0.0442. The maximum Gasteiger partial charge on any atom is 0.435 e. The molecular weight excluding hydrogens is 281 g/mol. The Labute approximate surface area is 112 Å². The molecule has 3 nitrogen and oxygen atoms in total. The molecule has 0 saturated carbocycles. The zero-order valence-corrected chi connectivity index (χ0v) is 10.6. The Kier molecular flexibility index (Phi) is 3.45. The first-order valence-corrected chi connectivity index (χ1v) is 5.86. The third-order valence-corrected chi connectivity index (χ3v) is 2.88. The zero-order chi connectivity index (χ0) is 14.2. The molecule has 102 valence electrons. The van der Waals surface area contributed by atoms with Crippen molar-refractivity contribution in [2.75, 3.05) is 0 Å². The molecule has 0 spiro atoms. The van der Waals surface area contributed by atoms with Crippen molar-refractivity contribution >= 4 is 11.6 Å². The molecule has 0 unspecified atom stereocenters. The molecule has 0 radical (unpaired) electrons. The number of benzene rings is 1. The summed E-state index contributed by atoms with van der Waals surface area (Å²) in [5.41, 5.74) is -1.28. The molecule has 1 aromatic heterocycles. The first kappa shape index (κ1) is 13.7. The summed E-state index contributed by atoms with van der Waals surface area (Å²) in [5, 5.41) is 10.2. The van der Waals surface area contributed by atoms with Gasteiger partial charge < -0.3 is 5.21 Å². The second-order valence-corrected chi connectivity index (χ2v) is 4.33. The highest BCUT2D eigenvalue weighted by molar-refractivity contribution is 6.30. The molecule has 2 rings (SSSR count). The van der Waals surface area contributed by atoms with Crippen molar-refractivity contribution < 1.29 is 18.4 Å². The Hall–Kier alpha value is -1.69. The molecule has 2 aromatic rings. The molecule has 0 fully saturated rings. The number of hydrogen-bond donors (Lipinski definition) is 1. The second-order valence-electron chi connectivity index (χ2n) is 3.90. The van der Waals surface area contributed by atoms with E-state index in [-0.39, 0.29) is 23.5 Å². The van der Waals surface area contributed by atoms with Crippen LogP contribution in [0.25, 0.3) is 11.3 Å². The Bertz CT molecular complexity index is 590. The molecule has 0 aliphatic rings. The van der Waals surface area contributed by atoms with E-state index in [9.17, 15) is 18.4 Å². The number of nitrogens with zero attached hydrogens (tertiary/aromatic N) is 2. The van der Waals surface area contributed by atoms with Gasteiger partial charge in [-0.3, -0.25) is 0 Å². The Morgan fingerprint density at radius 2 is 1.84 bits per heavy atom. The van der Waals surface area contributed by atoms with Crippen LogP contribution >= 0.6 is 11.6 Å². The predicted molar refractivity (Wildman–Crippen MR) is 64.2 cm³/mol. The highest BCUT2D eigenvalue weighted by atomic mass is 35.5. The second kappa shape index (κ2) is 4.77. The van der Waals surface area contributed by atoms with Crippen molar-refractivity contribution in [3.63, 3.8) is 0 Å². The van der Waals surface area contributed by atoms with Gasteiger partial charge in [-0.05, 0) is 12.1 Å². The van der Waals surface area contributed by atoms with E-state index in [1.807, 2.05) is 0 Å². The lowest BCUT2D eigenvalue weighted by atomic mass is 10.1. The minimum absolute atomic E-state index is 0.0442. The fraction of sp³-hybridized carbons (Fsp3) is 0.250. The van der Waals surface area contributed by atoms with Gasteiger partial charge in [-0.15, -0.1) is 0 Å². The van der Waals surface area contributed by atoms with Gasteiger partial charge in [-0.2, -0.15) is 17.9 Å². The lowest BCUT2D eigenvalue weighted by molar-refractivity contribution is -0.140. The first-order valence-electron chi connectivity index (χ1n) is 5.48. The number of rotatable bonds is 2. The molecule has 7 heteroatoms. The van der Waals surface area contributed by atoms with E-state index in [1.54, 1.807) is 6.92 Å². The maximum absolute atomic E-state index is 12.9. The summed E-state index contributed by atoms with van der Waals surface area (Å²) in [6, 6.07) is 5.72. The van der Waals surface area contributed by atoms with E-state index in [2.05, 4.69) is 4.98 Å². The Balaban J connectivity index is 2.67. The molecule has 1 aromatic carbocycles. The smallest absolute Gasteiger partial charge is 0.427 e. The van der Waals surface area contributed by atoms with Crippen LogP contribution in [0, 0.1) is 0 Å².